The zero-order valence-electron chi connectivity index (χ0n) is 11.7. The molecule has 0 saturated heterocycles. The molecule has 5 heteroatoms. The van der Waals surface area contributed by atoms with Crippen molar-refractivity contribution in [2.24, 2.45) is 11.3 Å². The largest absolute Gasteiger partial charge is 0.469 e. The van der Waals surface area contributed by atoms with Crippen LogP contribution in [-0.4, -0.2) is 37.4 Å². The monoisotopic (exact) mass is 260 g/mol. The first-order chi connectivity index (χ1) is 8.45. The molecular formula is C13H24O5. The first-order valence-corrected chi connectivity index (χ1v) is 6.31. The molecule has 0 aliphatic rings. The summed E-state index contributed by atoms with van der Waals surface area (Å²) in [6.45, 7) is 5.36. The minimum atomic E-state index is -0.673. The minimum absolute atomic E-state index is 0.00357. The molecule has 2 unspecified atom stereocenters. The Labute approximate surface area is 108 Å². The molecule has 0 aromatic heterocycles. The van der Waals surface area contributed by atoms with Crippen LogP contribution in [0.25, 0.3) is 0 Å². The van der Waals surface area contributed by atoms with Crippen molar-refractivity contribution in [3.8, 4) is 0 Å². The van der Waals surface area contributed by atoms with Gasteiger partial charge in [-0.05, 0) is 26.2 Å². The highest BCUT2D eigenvalue weighted by molar-refractivity contribution is 5.78. The predicted octanol–water partition coefficient (Wildman–Crippen LogP) is 1.53. The van der Waals surface area contributed by atoms with E-state index in [1.54, 1.807) is 6.92 Å². The maximum Gasteiger partial charge on any atom is 0.311 e. The average molecular weight is 260 g/mol. The van der Waals surface area contributed by atoms with Gasteiger partial charge in [-0.1, -0.05) is 13.8 Å². The predicted molar refractivity (Wildman–Crippen MR) is 66.9 cm³/mol. The van der Waals surface area contributed by atoms with Crippen molar-refractivity contribution in [3.05, 3.63) is 0 Å². The Morgan fingerprint density at radius 3 is 2.33 bits per heavy atom. The molecule has 0 saturated carbocycles. The quantitative estimate of drug-likeness (QED) is 0.670. The average Bonchev–Trinajstić information content (AvgIpc) is 2.40. The lowest BCUT2D eigenvalue weighted by molar-refractivity contribution is -0.157. The van der Waals surface area contributed by atoms with Gasteiger partial charge in [-0.25, -0.2) is 0 Å². The summed E-state index contributed by atoms with van der Waals surface area (Å²) >= 11 is 0. The van der Waals surface area contributed by atoms with Crippen molar-refractivity contribution in [3.63, 3.8) is 0 Å². The third-order valence-electron chi connectivity index (χ3n) is 3.32. The molecule has 0 rings (SSSR count). The van der Waals surface area contributed by atoms with Gasteiger partial charge in [0.1, 0.15) is 6.61 Å². The third-order valence-corrected chi connectivity index (χ3v) is 3.32. The number of carbonyl (C=O) groups excluding carboxylic acids is 2. The van der Waals surface area contributed by atoms with Crippen LogP contribution in [0, 0.1) is 11.3 Å². The summed E-state index contributed by atoms with van der Waals surface area (Å²) in [6, 6.07) is 0. The summed E-state index contributed by atoms with van der Waals surface area (Å²) in [7, 11) is 1.35. The summed E-state index contributed by atoms with van der Waals surface area (Å²) in [4.78, 5) is 23.5. The van der Waals surface area contributed by atoms with Gasteiger partial charge in [0, 0.05) is 0 Å². The SMILES string of the molecule is CCC(CC(C)(CC)C(=O)OC)C(=O)OCCO. The molecule has 0 amide bonds. The fourth-order valence-corrected chi connectivity index (χ4v) is 1.82. The van der Waals surface area contributed by atoms with E-state index in [1.807, 2.05) is 13.8 Å². The molecule has 0 aromatic rings. The summed E-state index contributed by atoms with van der Waals surface area (Å²) in [5.74, 6) is -1.02. The molecule has 0 spiro atoms. The topological polar surface area (TPSA) is 72.8 Å². The van der Waals surface area contributed by atoms with Gasteiger partial charge >= 0.3 is 11.9 Å². The number of esters is 2. The second-order valence-electron chi connectivity index (χ2n) is 4.61. The number of aliphatic hydroxyl groups is 1. The Hall–Kier alpha value is -1.10. The fraction of sp³-hybridized carbons (Fsp3) is 0.846. The van der Waals surface area contributed by atoms with Crippen LogP contribution in [0.2, 0.25) is 0 Å². The second kappa shape index (κ2) is 8.08. The molecule has 0 radical (unpaired) electrons. The van der Waals surface area contributed by atoms with Crippen molar-refractivity contribution < 1.29 is 24.2 Å². The Morgan fingerprint density at radius 2 is 1.94 bits per heavy atom. The normalized spacial score (nSPS) is 15.6. The van der Waals surface area contributed by atoms with Crippen molar-refractivity contribution in [2.75, 3.05) is 20.3 Å². The third kappa shape index (κ3) is 4.64. The molecule has 0 bridgehead atoms. The molecule has 0 heterocycles. The summed E-state index contributed by atoms with van der Waals surface area (Å²) in [6.07, 6.45) is 1.59. The fourth-order valence-electron chi connectivity index (χ4n) is 1.82. The Bertz CT molecular complexity index is 277. The number of ether oxygens (including phenoxy) is 2. The molecule has 106 valence electrons. The molecule has 0 aliphatic heterocycles. The van der Waals surface area contributed by atoms with Gasteiger partial charge in [0.2, 0.25) is 0 Å². The van der Waals surface area contributed by atoms with E-state index in [1.165, 1.54) is 7.11 Å². The van der Waals surface area contributed by atoms with Gasteiger partial charge in [-0.2, -0.15) is 0 Å². The van der Waals surface area contributed by atoms with E-state index >= 15 is 0 Å². The van der Waals surface area contributed by atoms with Crippen molar-refractivity contribution in [1.82, 2.24) is 0 Å². The van der Waals surface area contributed by atoms with Crippen molar-refractivity contribution in [1.29, 1.82) is 0 Å². The summed E-state index contributed by atoms with van der Waals surface area (Å²) in [5.41, 5.74) is -0.673. The summed E-state index contributed by atoms with van der Waals surface area (Å²) < 4.78 is 9.69. The Balaban J connectivity index is 4.67. The molecule has 2 atom stereocenters. The van der Waals surface area contributed by atoms with E-state index in [-0.39, 0.29) is 31.1 Å². The molecule has 0 fully saturated rings. The highest BCUT2D eigenvalue weighted by Gasteiger charge is 2.37. The van der Waals surface area contributed by atoms with Gasteiger partial charge in [0.15, 0.2) is 0 Å². The molecule has 5 nitrogen and oxygen atoms in total. The summed E-state index contributed by atoms with van der Waals surface area (Å²) in [5, 5.41) is 8.62. The molecular weight excluding hydrogens is 236 g/mol. The second-order valence-corrected chi connectivity index (χ2v) is 4.61. The molecule has 18 heavy (non-hydrogen) atoms. The standard InChI is InChI=1S/C13H24O5/c1-5-10(11(15)18-8-7-14)9-13(3,6-2)12(16)17-4/h10,14H,5-9H2,1-4H3. The van der Waals surface area contributed by atoms with Gasteiger partial charge in [0.05, 0.1) is 25.0 Å². The minimum Gasteiger partial charge on any atom is -0.469 e. The lowest BCUT2D eigenvalue weighted by atomic mass is 9.78. The van der Waals surface area contributed by atoms with Crippen LogP contribution in [-0.2, 0) is 19.1 Å². The van der Waals surface area contributed by atoms with Gasteiger partial charge < -0.3 is 14.6 Å². The highest BCUT2D eigenvalue weighted by atomic mass is 16.5. The van der Waals surface area contributed by atoms with Crippen LogP contribution < -0.4 is 0 Å². The highest BCUT2D eigenvalue weighted by Crippen LogP contribution is 2.33. The van der Waals surface area contributed by atoms with Crippen LogP contribution in [0.3, 0.4) is 0 Å². The Morgan fingerprint density at radius 1 is 1.33 bits per heavy atom. The van der Waals surface area contributed by atoms with Crippen LogP contribution in [0.15, 0.2) is 0 Å². The lowest BCUT2D eigenvalue weighted by Crippen LogP contribution is -2.33. The number of methoxy groups -OCH3 is 1. The number of rotatable bonds is 8. The first-order valence-electron chi connectivity index (χ1n) is 6.31. The maximum absolute atomic E-state index is 11.8. The van der Waals surface area contributed by atoms with Crippen LogP contribution >= 0.6 is 0 Å². The van der Waals surface area contributed by atoms with Crippen molar-refractivity contribution >= 4 is 11.9 Å². The van der Waals surface area contributed by atoms with E-state index in [4.69, 9.17) is 14.6 Å². The van der Waals surface area contributed by atoms with E-state index < -0.39 is 5.41 Å². The van der Waals surface area contributed by atoms with Gasteiger partial charge in [-0.3, -0.25) is 9.59 Å². The van der Waals surface area contributed by atoms with Crippen molar-refractivity contribution in [2.45, 2.75) is 40.0 Å². The smallest absolute Gasteiger partial charge is 0.311 e. The lowest BCUT2D eigenvalue weighted by Gasteiger charge is -2.28. The van der Waals surface area contributed by atoms with Gasteiger partial charge in [-0.15, -0.1) is 0 Å². The van der Waals surface area contributed by atoms with Crippen LogP contribution in [0.4, 0.5) is 0 Å². The number of carbonyl (C=O) groups is 2. The molecule has 0 aromatic carbocycles. The van der Waals surface area contributed by atoms with E-state index in [0.29, 0.717) is 19.3 Å². The molecule has 0 aliphatic carbocycles. The van der Waals surface area contributed by atoms with E-state index in [9.17, 15) is 9.59 Å². The van der Waals surface area contributed by atoms with Gasteiger partial charge in [0.25, 0.3) is 0 Å². The van der Waals surface area contributed by atoms with E-state index in [2.05, 4.69) is 0 Å². The van der Waals surface area contributed by atoms with Crippen LogP contribution in [0.5, 0.6) is 0 Å². The molecule has 1 N–H and O–H groups in total. The first kappa shape index (κ1) is 16.9. The number of hydrogen-bond acceptors (Lipinski definition) is 5. The maximum atomic E-state index is 11.8. The number of hydrogen-bond donors (Lipinski definition) is 1. The van der Waals surface area contributed by atoms with Crippen LogP contribution in [0.1, 0.15) is 40.0 Å². The zero-order valence-corrected chi connectivity index (χ0v) is 11.7. The zero-order chi connectivity index (χ0) is 14.2. The number of aliphatic hydroxyl groups excluding tert-OH is 1. The van der Waals surface area contributed by atoms with E-state index in [0.717, 1.165) is 0 Å². The Kier molecular flexibility index (Phi) is 7.59.